The Morgan fingerprint density at radius 2 is 2.09 bits per heavy atom. The molecule has 23 heavy (non-hydrogen) atoms. The molecule has 0 saturated heterocycles. The van der Waals surface area contributed by atoms with E-state index in [0.29, 0.717) is 34.8 Å². The molecular formula is C15H13ClN2O3S2. The van der Waals surface area contributed by atoms with E-state index in [-0.39, 0.29) is 5.75 Å². The lowest BCUT2D eigenvalue weighted by Gasteiger charge is -2.05. The molecule has 3 aromatic rings. The molecule has 5 nitrogen and oxygen atoms in total. The van der Waals surface area contributed by atoms with Gasteiger partial charge in [-0.15, -0.1) is 11.3 Å². The first-order chi connectivity index (χ1) is 11.2. The van der Waals surface area contributed by atoms with Gasteiger partial charge in [0.05, 0.1) is 17.2 Å². The fourth-order valence-corrected chi connectivity index (χ4v) is 3.39. The summed E-state index contributed by atoms with van der Waals surface area (Å²) in [7, 11) is -1.13. The third-order valence-electron chi connectivity index (χ3n) is 2.89. The normalized spacial score (nSPS) is 12.2. The second-order valence-corrected chi connectivity index (χ2v) is 7.54. The van der Waals surface area contributed by atoms with E-state index in [1.54, 1.807) is 24.3 Å². The summed E-state index contributed by atoms with van der Waals surface area (Å²) in [5.74, 6) is 2.22. The summed E-state index contributed by atoms with van der Waals surface area (Å²) in [6.07, 6.45) is 0. The first-order valence-corrected chi connectivity index (χ1v) is 9.55. The van der Waals surface area contributed by atoms with Gasteiger partial charge in [0.15, 0.2) is 0 Å². The second kappa shape index (κ2) is 7.72. The van der Waals surface area contributed by atoms with Gasteiger partial charge in [-0.3, -0.25) is 4.21 Å². The third-order valence-corrected chi connectivity index (χ3v) is 5.20. The molecule has 0 amide bonds. The number of ether oxygens (including phenoxy) is 1. The lowest BCUT2D eigenvalue weighted by Crippen LogP contribution is -2.10. The molecule has 0 N–H and O–H groups in total. The maximum atomic E-state index is 12.0. The van der Waals surface area contributed by atoms with Crippen LogP contribution in [-0.4, -0.2) is 26.7 Å². The summed E-state index contributed by atoms with van der Waals surface area (Å²) in [6, 6.07) is 10.9. The van der Waals surface area contributed by atoms with E-state index in [1.165, 1.54) is 11.3 Å². The lowest BCUT2D eigenvalue weighted by atomic mass is 10.3. The molecule has 0 saturated carbocycles. The Balaban J connectivity index is 1.47. The molecule has 3 rings (SSSR count). The fourth-order valence-electron chi connectivity index (χ4n) is 1.81. The van der Waals surface area contributed by atoms with E-state index in [2.05, 4.69) is 10.1 Å². The largest absolute Gasteiger partial charge is 0.493 e. The Morgan fingerprint density at radius 1 is 1.26 bits per heavy atom. The number of rotatable bonds is 7. The van der Waals surface area contributed by atoms with Crippen molar-refractivity contribution < 1.29 is 13.5 Å². The van der Waals surface area contributed by atoms with E-state index < -0.39 is 10.8 Å². The van der Waals surface area contributed by atoms with Gasteiger partial charge in [-0.1, -0.05) is 22.8 Å². The number of hydrogen-bond acceptors (Lipinski definition) is 6. The topological polar surface area (TPSA) is 65.2 Å². The summed E-state index contributed by atoms with van der Waals surface area (Å²) >= 11 is 7.33. The maximum Gasteiger partial charge on any atom is 0.239 e. The molecule has 2 aromatic heterocycles. The molecule has 0 aliphatic rings. The van der Waals surface area contributed by atoms with Gasteiger partial charge in [-0.05, 0) is 35.7 Å². The third kappa shape index (κ3) is 4.63. The number of aromatic nitrogens is 2. The van der Waals surface area contributed by atoms with Crippen molar-refractivity contribution in [2.75, 3.05) is 12.4 Å². The number of nitrogens with zero attached hydrogens (tertiary/aromatic N) is 2. The van der Waals surface area contributed by atoms with Gasteiger partial charge in [0.25, 0.3) is 0 Å². The van der Waals surface area contributed by atoms with Crippen LogP contribution in [0.15, 0.2) is 46.3 Å². The molecular weight excluding hydrogens is 356 g/mol. The molecule has 0 aliphatic carbocycles. The van der Waals surface area contributed by atoms with Gasteiger partial charge in [-0.25, -0.2) is 0 Å². The minimum atomic E-state index is -1.13. The predicted molar refractivity (Wildman–Crippen MR) is 91.3 cm³/mol. The van der Waals surface area contributed by atoms with Crippen LogP contribution in [0.25, 0.3) is 10.7 Å². The fraction of sp³-hybridized carbons (Fsp3) is 0.200. The average Bonchev–Trinajstić information content (AvgIpc) is 3.20. The SMILES string of the molecule is O=S(CCOc1ccc(Cl)cc1)Cc1nc(-c2cccs2)no1. The maximum absolute atomic E-state index is 12.0. The van der Waals surface area contributed by atoms with Gasteiger partial charge in [0.1, 0.15) is 11.5 Å². The lowest BCUT2D eigenvalue weighted by molar-refractivity contribution is 0.342. The highest BCUT2D eigenvalue weighted by Gasteiger charge is 2.12. The predicted octanol–water partition coefficient (Wildman–Crippen LogP) is 3.78. The van der Waals surface area contributed by atoms with E-state index >= 15 is 0 Å². The molecule has 1 unspecified atom stereocenters. The van der Waals surface area contributed by atoms with Crippen molar-refractivity contribution in [2.45, 2.75) is 5.75 Å². The molecule has 8 heteroatoms. The Morgan fingerprint density at radius 3 is 2.83 bits per heavy atom. The van der Waals surface area contributed by atoms with Crippen LogP contribution in [0.2, 0.25) is 5.02 Å². The minimum Gasteiger partial charge on any atom is -0.493 e. The summed E-state index contributed by atoms with van der Waals surface area (Å²) in [5, 5.41) is 6.49. The first-order valence-electron chi connectivity index (χ1n) is 6.80. The minimum absolute atomic E-state index is 0.225. The molecule has 0 fully saturated rings. The quantitative estimate of drug-likeness (QED) is 0.635. The molecule has 1 atom stereocenters. The Hall–Kier alpha value is -1.70. The van der Waals surface area contributed by atoms with E-state index in [4.69, 9.17) is 20.9 Å². The smallest absolute Gasteiger partial charge is 0.239 e. The summed E-state index contributed by atoms with van der Waals surface area (Å²) in [5.41, 5.74) is 0. The Bertz CT molecular complexity index is 772. The monoisotopic (exact) mass is 368 g/mol. The van der Waals surface area contributed by atoms with Gasteiger partial charge < -0.3 is 9.26 Å². The highest BCUT2D eigenvalue weighted by molar-refractivity contribution is 7.84. The number of thiophene rings is 1. The van der Waals surface area contributed by atoms with Gasteiger partial charge in [-0.2, -0.15) is 4.98 Å². The van der Waals surface area contributed by atoms with Crippen LogP contribution >= 0.6 is 22.9 Å². The number of benzene rings is 1. The van der Waals surface area contributed by atoms with Crippen molar-refractivity contribution in [2.24, 2.45) is 0 Å². The van der Waals surface area contributed by atoms with Gasteiger partial charge in [0.2, 0.25) is 11.7 Å². The van der Waals surface area contributed by atoms with Crippen molar-refractivity contribution in [3.05, 3.63) is 52.7 Å². The summed E-state index contributed by atoms with van der Waals surface area (Å²) in [4.78, 5) is 5.18. The molecule has 2 heterocycles. The molecule has 0 spiro atoms. The first kappa shape index (κ1) is 16.2. The van der Waals surface area contributed by atoms with E-state index in [0.717, 1.165) is 4.88 Å². The molecule has 0 aliphatic heterocycles. The van der Waals surface area contributed by atoms with Crippen LogP contribution in [0.1, 0.15) is 5.89 Å². The van der Waals surface area contributed by atoms with Crippen molar-refractivity contribution in [1.82, 2.24) is 10.1 Å². The highest BCUT2D eigenvalue weighted by Crippen LogP contribution is 2.21. The molecule has 0 bridgehead atoms. The van der Waals surface area contributed by atoms with E-state index in [9.17, 15) is 4.21 Å². The van der Waals surface area contributed by atoms with Crippen molar-refractivity contribution in [3.63, 3.8) is 0 Å². The number of halogens is 1. The van der Waals surface area contributed by atoms with Gasteiger partial charge in [0, 0.05) is 15.8 Å². The summed E-state index contributed by atoms with van der Waals surface area (Å²) in [6.45, 7) is 0.347. The average molecular weight is 369 g/mol. The van der Waals surface area contributed by atoms with Crippen molar-refractivity contribution >= 4 is 33.7 Å². The van der Waals surface area contributed by atoms with Crippen molar-refractivity contribution in [1.29, 1.82) is 0 Å². The highest BCUT2D eigenvalue weighted by atomic mass is 35.5. The molecule has 120 valence electrons. The van der Waals surface area contributed by atoms with Crippen LogP contribution < -0.4 is 4.74 Å². The second-order valence-electron chi connectivity index (χ2n) is 4.58. The van der Waals surface area contributed by atoms with Crippen LogP contribution in [0.3, 0.4) is 0 Å². The zero-order valence-electron chi connectivity index (χ0n) is 12.0. The zero-order valence-corrected chi connectivity index (χ0v) is 14.4. The summed E-state index contributed by atoms with van der Waals surface area (Å²) < 4.78 is 22.7. The molecule has 1 aromatic carbocycles. The van der Waals surface area contributed by atoms with Crippen LogP contribution in [-0.2, 0) is 16.6 Å². The van der Waals surface area contributed by atoms with E-state index in [1.807, 2.05) is 17.5 Å². The van der Waals surface area contributed by atoms with Crippen LogP contribution in [0.5, 0.6) is 5.75 Å². The van der Waals surface area contributed by atoms with Crippen LogP contribution in [0, 0.1) is 0 Å². The van der Waals surface area contributed by atoms with Crippen molar-refractivity contribution in [3.8, 4) is 16.5 Å². The Labute approximate surface area is 144 Å². The number of hydrogen-bond donors (Lipinski definition) is 0. The Kier molecular flexibility index (Phi) is 5.43. The zero-order chi connectivity index (χ0) is 16.1. The standard InChI is InChI=1S/C15H13ClN2O3S2/c16-11-3-5-12(6-4-11)20-7-9-23(19)10-14-17-15(18-21-14)13-2-1-8-22-13/h1-6,8H,7,9-10H2. The molecule has 0 radical (unpaired) electrons. The van der Waals surface area contributed by atoms with Crippen LogP contribution in [0.4, 0.5) is 0 Å². The van der Waals surface area contributed by atoms with Gasteiger partial charge >= 0.3 is 0 Å².